The van der Waals surface area contributed by atoms with E-state index in [2.05, 4.69) is 17.1 Å². The van der Waals surface area contributed by atoms with E-state index in [4.69, 9.17) is 14.5 Å². The van der Waals surface area contributed by atoms with E-state index in [9.17, 15) is 5.11 Å². The number of fused-ring (bicyclic) bond motifs is 3. The molecule has 1 aliphatic carbocycles. The largest absolute Gasteiger partial charge is 0.494 e. The van der Waals surface area contributed by atoms with Crippen molar-refractivity contribution in [2.45, 2.75) is 43.9 Å². The smallest absolute Gasteiger partial charge is 0.119 e. The number of nitrogens with zero attached hydrogens (tertiary/aromatic N) is 2. The minimum atomic E-state index is -0.470. The summed E-state index contributed by atoms with van der Waals surface area (Å²) in [6, 6.07) is 10.2. The minimum absolute atomic E-state index is 0.0322. The van der Waals surface area contributed by atoms with Crippen LogP contribution < -0.4 is 4.74 Å². The van der Waals surface area contributed by atoms with Crippen LogP contribution in [-0.2, 0) is 4.74 Å². The molecule has 1 fully saturated rings. The van der Waals surface area contributed by atoms with Crippen LogP contribution in [0.2, 0.25) is 0 Å². The van der Waals surface area contributed by atoms with E-state index in [0.717, 1.165) is 34.6 Å². The molecule has 1 aromatic heterocycles. The quantitative estimate of drug-likeness (QED) is 0.919. The van der Waals surface area contributed by atoms with Crippen LogP contribution in [0, 0.1) is 0 Å². The highest BCUT2D eigenvalue weighted by molar-refractivity contribution is 6.14. The molecule has 1 N–H and O–H groups in total. The van der Waals surface area contributed by atoms with Crippen molar-refractivity contribution >= 4 is 5.71 Å². The van der Waals surface area contributed by atoms with Crippen molar-refractivity contribution in [3.8, 4) is 5.75 Å². The first-order valence-electron chi connectivity index (χ1n) is 9.19. The first-order chi connectivity index (χ1) is 12.7. The molecule has 5 heteroatoms. The molecule has 5 nitrogen and oxygen atoms in total. The molecule has 0 saturated heterocycles. The average molecular weight is 352 g/mol. The van der Waals surface area contributed by atoms with E-state index in [1.165, 1.54) is 0 Å². The summed E-state index contributed by atoms with van der Waals surface area (Å²) in [7, 11) is 1.67. The molecule has 4 unspecified atom stereocenters. The van der Waals surface area contributed by atoms with Crippen molar-refractivity contribution in [3.63, 3.8) is 0 Å². The Balaban J connectivity index is 1.86. The predicted molar refractivity (Wildman–Crippen MR) is 100 cm³/mol. The van der Waals surface area contributed by atoms with E-state index >= 15 is 0 Å². The van der Waals surface area contributed by atoms with E-state index in [0.29, 0.717) is 13.0 Å². The van der Waals surface area contributed by atoms with Crippen molar-refractivity contribution in [1.82, 2.24) is 4.98 Å². The van der Waals surface area contributed by atoms with Crippen molar-refractivity contribution in [2.75, 3.05) is 13.7 Å². The molecule has 1 saturated carbocycles. The lowest BCUT2D eigenvalue weighted by atomic mass is 9.72. The molecular formula is C21H24N2O3. The predicted octanol–water partition coefficient (Wildman–Crippen LogP) is 2.95. The van der Waals surface area contributed by atoms with Crippen LogP contribution in [0.4, 0.5) is 0 Å². The summed E-state index contributed by atoms with van der Waals surface area (Å²) in [6.07, 6.45) is 4.41. The Bertz CT molecular complexity index is 806. The fourth-order valence-electron chi connectivity index (χ4n) is 4.24. The molecule has 1 aliphatic heterocycles. The van der Waals surface area contributed by atoms with E-state index in [1.54, 1.807) is 19.5 Å². The fourth-order valence-corrected chi connectivity index (χ4v) is 4.24. The fraction of sp³-hybridized carbons (Fsp3) is 0.429. The summed E-state index contributed by atoms with van der Waals surface area (Å²) >= 11 is 0. The summed E-state index contributed by atoms with van der Waals surface area (Å²) in [5, 5.41) is 10.5. The van der Waals surface area contributed by atoms with Crippen LogP contribution in [0.5, 0.6) is 5.75 Å². The molecule has 2 aromatic rings. The molecule has 26 heavy (non-hydrogen) atoms. The van der Waals surface area contributed by atoms with Gasteiger partial charge in [0.25, 0.3) is 0 Å². The molecule has 0 amide bonds. The second-order valence-electron chi connectivity index (χ2n) is 6.83. The second kappa shape index (κ2) is 7.17. The Kier molecular flexibility index (Phi) is 4.74. The molecule has 2 aliphatic rings. The van der Waals surface area contributed by atoms with Crippen molar-refractivity contribution in [1.29, 1.82) is 0 Å². The highest BCUT2D eigenvalue weighted by atomic mass is 16.5. The molecule has 2 heterocycles. The zero-order chi connectivity index (χ0) is 18.1. The SMILES string of the molecule is CCOc1ccc2c(c1)C1C(CCC(O)C1OC)N=C2c1ccncc1. The summed E-state index contributed by atoms with van der Waals surface area (Å²) in [6.45, 7) is 2.60. The highest BCUT2D eigenvalue weighted by Gasteiger charge is 2.43. The first-order valence-corrected chi connectivity index (χ1v) is 9.19. The van der Waals surface area contributed by atoms with Crippen LogP contribution in [0.25, 0.3) is 0 Å². The minimum Gasteiger partial charge on any atom is -0.494 e. The first kappa shape index (κ1) is 17.2. The number of pyridine rings is 1. The number of rotatable bonds is 4. The Morgan fingerprint density at radius 1 is 1.15 bits per heavy atom. The molecule has 0 bridgehead atoms. The highest BCUT2D eigenvalue weighted by Crippen LogP contribution is 2.43. The van der Waals surface area contributed by atoms with Crippen LogP contribution in [0.15, 0.2) is 47.7 Å². The lowest BCUT2D eigenvalue weighted by molar-refractivity contribution is -0.0544. The number of aliphatic hydroxyl groups excluding tert-OH is 1. The van der Waals surface area contributed by atoms with Gasteiger partial charge in [0.2, 0.25) is 0 Å². The van der Waals surface area contributed by atoms with Gasteiger partial charge in [-0.1, -0.05) is 0 Å². The number of aromatic nitrogens is 1. The van der Waals surface area contributed by atoms with Gasteiger partial charge >= 0.3 is 0 Å². The van der Waals surface area contributed by atoms with Gasteiger partial charge in [-0.15, -0.1) is 0 Å². The van der Waals surface area contributed by atoms with Gasteiger partial charge < -0.3 is 14.6 Å². The van der Waals surface area contributed by atoms with E-state index in [-0.39, 0.29) is 18.1 Å². The van der Waals surface area contributed by atoms with Crippen molar-refractivity contribution in [3.05, 3.63) is 59.4 Å². The average Bonchev–Trinajstić information content (AvgIpc) is 2.68. The monoisotopic (exact) mass is 352 g/mol. The van der Waals surface area contributed by atoms with Gasteiger partial charge in [0, 0.05) is 36.5 Å². The summed E-state index contributed by atoms with van der Waals surface area (Å²) in [5.74, 6) is 0.876. The molecule has 0 radical (unpaired) electrons. The molecule has 4 rings (SSSR count). The summed E-state index contributed by atoms with van der Waals surface area (Å²) < 4.78 is 11.4. The molecule has 4 atom stereocenters. The van der Waals surface area contributed by atoms with Crippen LogP contribution in [0.3, 0.4) is 0 Å². The lowest BCUT2D eigenvalue weighted by Gasteiger charge is -2.42. The molecule has 0 spiro atoms. The maximum Gasteiger partial charge on any atom is 0.119 e. The Hall–Kier alpha value is -2.24. The van der Waals surface area contributed by atoms with Gasteiger partial charge in [-0.3, -0.25) is 9.98 Å². The summed E-state index contributed by atoms with van der Waals surface area (Å²) in [5.41, 5.74) is 4.27. The lowest BCUT2D eigenvalue weighted by Crippen LogP contribution is -2.46. The number of methoxy groups -OCH3 is 1. The number of hydrogen-bond acceptors (Lipinski definition) is 5. The Morgan fingerprint density at radius 2 is 1.96 bits per heavy atom. The van der Waals surface area contributed by atoms with Gasteiger partial charge in [-0.25, -0.2) is 0 Å². The standard InChI is InChI=1S/C21H24N2O3/c1-3-26-14-4-5-15-16(12-14)19-17(6-7-18(24)21(19)25-2)23-20(15)13-8-10-22-11-9-13/h4-5,8-12,17-19,21,24H,3,6-7H2,1-2H3. The number of aliphatic hydroxyl groups is 1. The number of hydrogen-bond donors (Lipinski definition) is 1. The third kappa shape index (κ3) is 2.91. The molecule has 1 aromatic carbocycles. The maximum absolute atomic E-state index is 10.5. The van der Waals surface area contributed by atoms with E-state index in [1.807, 2.05) is 25.1 Å². The number of benzene rings is 1. The van der Waals surface area contributed by atoms with Gasteiger partial charge in [-0.2, -0.15) is 0 Å². The van der Waals surface area contributed by atoms with Crippen LogP contribution in [0.1, 0.15) is 42.4 Å². The van der Waals surface area contributed by atoms with Crippen LogP contribution >= 0.6 is 0 Å². The maximum atomic E-state index is 10.5. The van der Waals surface area contributed by atoms with Crippen molar-refractivity contribution < 1.29 is 14.6 Å². The van der Waals surface area contributed by atoms with Gasteiger partial charge in [0.1, 0.15) is 5.75 Å². The van der Waals surface area contributed by atoms with E-state index < -0.39 is 6.10 Å². The third-order valence-corrected chi connectivity index (χ3v) is 5.38. The molecule has 136 valence electrons. The molecular weight excluding hydrogens is 328 g/mol. The number of aliphatic imine (C=N–C) groups is 1. The summed E-state index contributed by atoms with van der Waals surface area (Å²) in [4.78, 5) is 9.20. The zero-order valence-corrected chi connectivity index (χ0v) is 15.1. The third-order valence-electron chi connectivity index (χ3n) is 5.38. The normalized spacial score (nSPS) is 27.3. The van der Waals surface area contributed by atoms with Gasteiger partial charge in [0.05, 0.1) is 30.6 Å². The Labute approximate surface area is 153 Å². The van der Waals surface area contributed by atoms with Gasteiger partial charge in [-0.05, 0) is 55.7 Å². The Morgan fingerprint density at radius 3 is 2.69 bits per heavy atom. The number of ether oxygens (including phenoxy) is 2. The second-order valence-corrected chi connectivity index (χ2v) is 6.83. The van der Waals surface area contributed by atoms with Gasteiger partial charge in [0.15, 0.2) is 0 Å². The zero-order valence-electron chi connectivity index (χ0n) is 15.1. The topological polar surface area (TPSA) is 63.9 Å². The van der Waals surface area contributed by atoms with Crippen molar-refractivity contribution in [2.24, 2.45) is 4.99 Å². The van der Waals surface area contributed by atoms with Crippen LogP contribution in [-0.4, -0.2) is 47.8 Å².